The number of benzene rings is 1. The first-order valence-corrected chi connectivity index (χ1v) is 7.43. The van der Waals surface area contributed by atoms with Crippen molar-refractivity contribution >= 4 is 43.6 Å². The number of rotatable bonds is 4. The first-order chi connectivity index (χ1) is 8.97. The van der Waals surface area contributed by atoms with E-state index in [-0.39, 0.29) is 10.9 Å². The number of aromatic nitrogens is 1. The number of nitrogens with two attached hydrogens (primary N) is 1. The lowest BCUT2D eigenvalue weighted by molar-refractivity contribution is -0.109. The second-order valence-electron chi connectivity index (χ2n) is 4.09. The standard InChI is InChI=1S/C12H14N2O3S2/c1-6(15)18-5-9(16)11(17)7-2-3-10-8(4-7)14-12(13)19-10/h2-4,9,11,16-17H,5H2,1H3,(H2,13,14). The molecule has 0 radical (unpaired) electrons. The number of thioether (sulfide) groups is 1. The quantitative estimate of drug-likeness (QED) is 0.792. The first-order valence-electron chi connectivity index (χ1n) is 5.63. The summed E-state index contributed by atoms with van der Waals surface area (Å²) < 4.78 is 0.932. The van der Waals surface area contributed by atoms with E-state index >= 15 is 0 Å². The Hall–Kier alpha value is -1.15. The summed E-state index contributed by atoms with van der Waals surface area (Å²) in [5.41, 5.74) is 6.88. The largest absolute Gasteiger partial charge is 0.389 e. The summed E-state index contributed by atoms with van der Waals surface area (Å²) in [5.74, 6) is 0.160. The molecule has 1 aromatic carbocycles. The summed E-state index contributed by atoms with van der Waals surface area (Å²) in [5, 5.41) is 20.2. The number of nitrogen functional groups attached to an aromatic ring is 1. The van der Waals surface area contributed by atoms with Crippen LogP contribution in [0.1, 0.15) is 18.6 Å². The zero-order valence-corrected chi connectivity index (χ0v) is 11.9. The molecular weight excluding hydrogens is 284 g/mol. The van der Waals surface area contributed by atoms with E-state index in [4.69, 9.17) is 5.73 Å². The van der Waals surface area contributed by atoms with Gasteiger partial charge in [-0.2, -0.15) is 0 Å². The molecule has 0 aliphatic heterocycles. The van der Waals surface area contributed by atoms with Crippen LogP contribution < -0.4 is 5.73 Å². The number of hydrogen-bond acceptors (Lipinski definition) is 7. The van der Waals surface area contributed by atoms with E-state index in [1.807, 2.05) is 6.07 Å². The maximum atomic E-state index is 10.8. The molecule has 0 aliphatic rings. The Bertz CT molecular complexity index is 600. The van der Waals surface area contributed by atoms with E-state index in [1.165, 1.54) is 18.3 Å². The van der Waals surface area contributed by atoms with Gasteiger partial charge in [0, 0.05) is 12.7 Å². The third-order valence-electron chi connectivity index (χ3n) is 2.59. The van der Waals surface area contributed by atoms with E-state index in [2.05, 4.69) is 4.98 Å². The molecule has 0 spiro atoms. The number of hydrogen-bond donors (Lipinski definition) is 3. The van der Waals surface area contributed by atoms with Crippen LogP contribution in [-0.4, -0.2) is 32.2 Å². The highest BCUT2D eigenvalue weighted by molar-refractivity contribution is 8.13. The third-order valence-corrected chi connectivity index (χ3v) is 4.37. The van der Waals surface area contributed by atoms with Crippen molar-refractivity contribution in [2.45, 2.75) is 19.1 Å². The highest BCUT2D eigenvalue weighted by atomic mass is 32.2. The summed E-state index contributed by atoms with van der Waals surface area (Å²) in [6.07, 6.45) is -2.04. The molecule has 0 saturated heterocycles. The van der Waals surface area contributed by atoms with Gasteiger partial charge in [0.15, 0.2) is 10.2 Å². The van der Waals surface area contributed by atoms with Gasteiger partial charge in [0.25, 0.3) is 0 Å². The van der Waals surface area contributed by atoms with Crippen LogP contribution in [0.2, 0.25) is 0 Å². The van der Waals surface area contributed by atoms with Crippen LogP contribution in [0.3, 0.4) is 0 Å². The van der Waals surface area contributed by atoms with Gasteiger partial charge in [0.05, 0.1) is 16.3 Å². The Morgan fingerprint density at radius 3 is 2.95 bits per heavy atom. The number of anilines is 1. The van der Waals surface area contributed by atoms with E-state index in [9.17, 15) is 15.0 Å². The van der Waals surface area contributed by atoms with Crippen molar-refractivity contribution in [1.82, 2.24) is 4.98 Å². The SMILES string of the molecule is CC(=O)SCC(O)C(O)c1ccc2sc(N)nc2c1. The fraction of sp³-hybridized carbons (Fsp3) is 0.333. The van der Waals surface area contributed by atoms with Gasteiger partial charge in [-0.05, 0) is 17.7 Å². The zero-order chi connectivity index (χ0) is 14.0. The van der Waals surface area contributed by atoms with Gasteiger partial charge in [0.2, 0.25) is 0 Å². The first kappa shape index (κ1) is 14.3. The Morgan fingerprint density at radius 2 is 2.26 bits per heavy atom. The summed E-state index contributed by atoms with van der Waals surface area (Å²) in [7, 11) is 0. The van der Waals surface area contributed by atoms with Crippen molar-refractivity contribution in [3.05, 3.63) is 23.8 Å². The molecule has 1 aromatic heterocycles. The van der Waals surface area contributed by atoms with E-state index in [1.54, 1.807) is 12.1 Å². The van der Waals surface area contributed by atoms with E-state index in [0.717, 1.165) is 16.5 Å². The molecular formula is C12H14N2O3S2. The second-order valence-corrected chi connectivity index (χ2v) is 6.35. The van der Waals surface area contributed by atoms with Gasteiger partial charge in [-0.15, -0.1) is 0 Å². The number of aliphatic hydroxyl groups excluding tert-OH is 2. The molecule has 102 valence electrons. The Kier molecular flexibility index (Phi) is 4.41. The van der Waals surface area contributed by atoms with Crippen molar-refractivity contribution in [3.63, 3.8) is 0 Å². The molecule has 0 bridgehead atoms. The topological polar surface area (TPSA) is 96.4 Å². The monoisotopic (exact) mass is 298 g/mol. The van der Waals surface area contributed by atoms with E-state index < -0.39 is 12.2 Å². The number of fused-ring (bicyclic) bond motifs is 1. The Morgan fingerprint density at radius 1 is 1.53 bits per heavy atom. The van der Waals surface area contributed by atoms with Crippen LogP contribution in [0.4, 0.5) is 5.13 Å². The predicted octanol–water partition coefficient (Wildman–Crippen LogP) is 1.55. The molecule has 0 fully saturated rings. The molecule has 2 aromatic rings. The third kappa shape index (κ3) is 3.44. The van der Waals surface area contributed by atoms with Gasteiger partial charge < -0.3 is 15.9 Å². The smallest absolute Gasteiger partial charge is 0.185 e. The fourth-order valence-corrected chi connectivity index (χ4v) is 2.96. The number of carbonyl (C=O) groups excluding carboxylic acids is 1. The molecule has 0 saturated carbocycles. The molecule has 1 heterocycles. The van der Waals surface area contributed by atoms with Crippen LogP contribution in [0, 0.1) is 0 Å². The minimum absolute atomic E-state index is 0.0889. The number of aliphatic hydroxyl groups is 2. The van der Waals surface area contributed by atoms with Crippen molar-refractivity contribution in [2.75, 3.05) is 11.5 Å². The summed E-state index contributed by atoms with van der Waals surface area (Å²) in [6, 6.07) is 5.24. The summed E-state index contributed by atoms with van der Waals surface area (Å²) in [6.45, 7) is 1.42. The van der Waals surface area contributed by atoms with Crippen molar-refractivity contribution < 1.29 is 15.0 Å². The highest BCUT2D eigenvalue weighted by Gasteiger charge is 2.19. The van der Waals surface area contributed by atoms with E-state index in [0.29, 0.717) is 16.2 Å². The van der Waals surface area contributed by atoms with Gasteiger partial charge in [-0.25, -0.2) is 4.98 Å². The summed E-state index contributed by atoms with van der Waals surface area (Å²) >= 11 is 2.36. The van der Waals surface area contributed by atoms with Crippen molar-refractivity contribution in [2.24, 2.45) is 0 Å². The average molecular weight is 298 g/mol. The lowest BCUT2D eigenvalue weighted by Gasteiger charge is -2.17. The molecule has 4 N–H and O–H groups in total. The molecule has 19 heavy (non-hydrogen) atoms. The van der Waals surface area contributed by atoms with Crippen LogP contribution in [-0.2, 0) is 4.79 Å². The van der Waals surface area contributed by atoms with Gasteiger partial charge in [0.1, 0.15) is 6.10 Å². The maximum Gasteiger partial charge on any atom is 0.185 e. The van der Waals surface area contributed by atoms with Crippen LogP contribution in [0.5, 0.6) is 0 Å². The summed E-state index contributed by atoms with van der Waals surface area (Å²) in [4.78, 5) is 15.0. The lowest BCUT2D eigenvalue weighted by atomic mass is 10.1. The van der Waals surface area contributed by atoms with Gasteiger partial charge in [-0.1, -0.05) is 29.2 Å². The zero-order valence-electron chi connectivity index (χ0n) is 10.2. The van der Waals surface area contributed by atoms with Crippen LogP contribution in [0.25, 0.3) is 10.2 Å². The molecule has 0 aliphatic carbocycles. The number of carbonyl (C=O) groups is 1. The maximum absolute atomic E-state index is 10.8. The number of nitrogens with zero attached hydrogens (tertiary/aromatic N) is 1. The Balaban J connectivity index is 2.15. The predicted molar refractivity (Wildman–Crippen MR) is 78.1 cm³/mol. The fourth-order valence-electron chi connectivity index (χ4n) is 1.66. The highest BCUT2D eigenvalue weighted by Crippen LogP contribution is 2.28. The van der Waals surface area contributed by atoms with Crippen molar-refractivity contribution in [1.29, 1.82) is 0 Å². The minimum Gasteiger partial charge on any atom is -0.389 e. The molecule has 2 rings (SSSR count). The lowest BCUT2D eigenvalue weighted by Crippen LogP contribution is -2.21. The average Bonchev–Trinajstić information content (AvgIpc) is 2.73. The molecule has 2 unspecified atom stereocenters. The van der Waals surface area contributed by atoms with Crippen LogP contribution in [0.15, 0.2) is 18.2 Å². The van der Waals surface area contributed by atoms with Gasteiger partial charge in [-0.3, -0.25) is 4.79 Å². The molecule has 2 atom stereocenters. The van der Waals surface area contributed by atoms with Crippen molar-refractivity contribution in [3.8, 4) is 0 Å². The van der Waals surface area contributed by atoms with Gasteiger partial charge >= 0.3 is 0 Å². The molecule has 0 amide bonds. The normalized spacial score (nSPS) is 14.5. The molecule has 7 heteroatoms. The molecule has 5 nitrogen and oxygen atoms in total. The minimum atomic E-state index is -1.04. The van der Waals surface area contributed by atoms with Crippen LogP contribution >= 0.6 is 23.1 Å². The number of thiazole rings is 1. The second kappa shape index (κ2) is 5.87. The Labute approximate surface area is 118 Å².